The molecule has 66 valence electrons. The third-order valence-corrected chi connectivity index (χ3v) is 2.57. The summed E-state index contributed by atoms with van der Waals surface area (Å²) in [5.74, 6) is -0.896. The van der Waals surface area contributed by atoms with E-state index >= 15 is 0 Å². The molecule has 1 heterocycles. The van der Waals surface area contributed by atoms with Crippen LogP contribution in [0.25, 0.3) is 0 Å². The Hall–Kier alpha value is -0.620. The van der Waals surface area contributed by atoms with E-state index in [0.29, 0.717) is 10.7 Å². The fourth-order valence-corrected chi connectivity index (χ4v) is 1.94. The van der Waals surface area contributed by atoms with Crippen molar-refractivity contribution in [3.63, 3.8) is 0 Å². The molecule has 0 amide bonds. The number of hydrogen-bond donors (Lipinski definition) is 2. The summed E-state index contributed by atoms with van der Waals surface area (Å²) >= 11 is 5.71. The molecule has 0 unspecified atom stereocenters. The lowest BCUT2D eigenvalue weighted by molar-refractivity contribution is -0.137. The first-order valence-corrected chi connectivity index (χ1v) is 4.56. The predicted octanol–water partition coefficient (Wildman–Crippen LogP) is 0.368. The third kappa shape index (κ3) is 2.46. The summed E-state index contributed by atoms with van der Waals surface area (Å²) in [6.45, 7) is 0. The Labute approximate surface area is 78.7 Å². The molecule has 4 nitrogen and oxygen atoms in total. The molecule has 0 bridgehead atoms. The van der Waals surface area contributed by atoms with E-state index in [1.165, 1.54) is 0 Å². The summed E-state index contributed by atoms with van der Waals surface area (Å²) in [5.41, 5.74) is 0. The van der Waals surface area contributed by atoms with E-state index in [1.54, 1.807) is 0 Å². The van der Waals surface area contributed by atoms with Crippen LogP contribution in [0, 0.1) is 0 Å². The van der Waals surface area contributed by atoms with Gasteiger partial charge in [0.05, 0.1) is 6.04 Å². The second-order valence-electron chi connectivity index (χ2n) is 2.34. The minimum atomic E-state index is -0.896. The Morgan fingerprint density at radius 3 is 2.83 bits per heavy atom. The fraction of sp³-hybridized carbons (Fsp3) is 0.500. The molecule has 6 heteroatoms. The SMILES string of the molecule is O=C(O)CC[C@@H]1NC(=S)SC1=O. The first-order chi connectivity index (χ1) is 5.59. The minimum Gasteiger partial charge on any atom is -0.481 e. The highest BCUT2D eigenvalue weighted by Gasteiger charge is 2.28. The molecule has 0 saturated carbocycles. The average molecular weight is 205 g/mol. The fourth-order valence-electron chi connectivity index (χ4n) is 0.851. The smallest absolute Gasteiger partial charge is 0.303 e. The molecule has 0 aromatic heterocycles. The maximum absolute atomic E-state index is 11.0. The number of thiocarbonyl (C=S) groups is 1. The van der Waals surface area contributed by atoms with Crippen molar-refractivity contribution < 1.29 is 14.7 Å². The molecule has 2 N–H and O–H groups in total. The lowest BCUT2D eigenvalue weighted by Gasteiger charge is -2.04. The van der Waals surface area contributed by atoms with Crippen LogP contribution in [-0.2, 0) is 9.59 Å². The van der Waals surface area contributed by atoms with Crippen molar-refractivity contribution in [3.8, 4) is 0 Å². The van der Waals surface area contributed by atoms with Crippen LogP contribution in [-0.4, -0.2) is 26.6 Å². The Morgan fingerprint density at radius 2 is 2.42 bits per heavy atom. The van der Waals surface area contributed by atoms with Crippen LogP contribution in [0.5, 0.6) is 0 Å². The van der Waals surface area contributed by atoms with Crippen molar-refractivity contribution in [3.05, 3.63) is 0 Å². The molecule has 1 aliphatic heterocycles. The number of carboxylic acids is 1. The van der Waals surface area contributed by atoms with Gasteiger partial charge in [0.25, 0.3) is 0 Å². The standard InChI is InChI=1S/C6H7NO3S2/c8-4(9)2-1-3-5(10)12-6(11)7-3/h3H,1-2H2,(H,7,11)(H,8,9)/t3-/m0/s1. The molecule has 1 rings (SSSR count). The number of thioether (sulfide) groups is 1. The van der Waals surface area contributed by atoms with Crippen molar-refractivity contribution >= 4 is 39.4 Å². The topological polar surface area (TPSA) is 66.4 Å². The molecule has 1 atom stereocenters. The number of nitrogens with one attached hydrogen (secondary N) is 1. The molecule has 0 aromatic rings. The lowest BCUT2D eigenvalue weighted by atomic mass is 10.2. The van der Waals surface area contributed by atoms with Gasteiger partial charge in [-0.2, -0.15) is 0 Å². The molecule has 0 aliphatic carbocycles. The van der Waals surface area contributed by atoms with Gasteiger partial charge < -0.3 is 10.4 Å². The van der Waals surface area contributed by atoms with Crippen LogP contribution in [0.1, 0.15) is 12.8 Å². The predicted molar refractivity (Wildman–Crippen MR) is 49.0 cm³/mol. The van der Waals surface area contributed by atoms with E-state index in [4.69, 9.17) is 17.3 Å². The summed E-state index contributed by atoms with van der Waals surface area (Å²) < 4.78 is 0.440. The van der Waals surface area contributed by atoms with E-state index < -0.39 is 12.0 Å². The summed E-state index contributed by atoms with van der Waals surface area (Å²) in [5, 5.41) is 11.0. The number of aliphatic carboxylic acids is 1. The van der Waals surface area contributed by atoms with Gasteiger partial charge in [0.2, 0.25) is 5.12 Å². The van der Waals surface area contributed by atoms with E-state index in [-0.39, 0.29) is 11.5 Å². The summed E-state index contributed by atoms with van der Waals surface area (Å²) in [4.78, 5) is 21.2. The maximum Gasteiger partial charge on any atom is 0.303 e. The van der Waals surface area contributed by atoms with Gasteiger partial charge in [-0.05, 0) is 18.2 Å². The highest BCUT2D eigenvalue weighted by molar-refractivity contribution is 8.33. The van der Waals surface area contributed by atoms with Crippen LogP contribution in [0.4, 0.5) is 0 Å². The number of rotatable bonds is 3. The quantitative estimate of drug-likeness (QED) is 0.649. The molecule has 1 aliphatic rings. The third-order valence-electron chi connectivity index (χ3n) is 1.42. The number of carbonyl (C=O) groups excluding carboxylic acids is 1. The second-order valence-corrected chi connectivity index (χ2v) is 4.02. The molecule has 1 fully saturated rings. The average Bonchev–Trinajstić information content (AvgIpc) is 2.26. The molecular weight excluding hydrogens is 198 g/mol. The molecule has 12 heavy (non-hydrogen) atoms. The Kier molecular flexibility index (Phi) is 3.05. The van der Waals surface area contributed by atoms with Crippen LogP contribution in [0.3, 0.4) is 0 Å². The zero-order valence-electron chi connectivity index (χ0n) is 6.07. The first-order valence-electron chi connectivity index (χ1n) is 3.33. The van der Waals surface area contributed by atoms with Gasteiger partial charge in [-0.3, -0.25) is 9.59 Å². The normalized spacial score (nSPS) is 22.5. The van der Waals surface area contributed by atoms with Crippen LogP contribution in [0.15, 0.2) is 0 Å². The van der Waals surface area contributed by atoms with Gasteiger partial charge in [0.15, 0.2) is 0 Å². The van der Waals surface area contributed by atoms with E-state index in [2.05, 4.69) is 5.32 Å². The van der Waals surface area contributed by atoms with Gasteiger partial charge in [-0.15, -0.1) is 0 Å². The van der Waals surface area contributed by atoms with Crippen molar-refractivity contribution in [2.45, 2.75) is 18.9 Å². The van der Waals surface area contributed by atoms with E-state index in [0.717, 1.165) is 11.8 Å². The van der Waals surface area contributed by atoms with E-state index in [9.17, 15) is 9.59 Å². The molecule has 1 saturated heterocycles. The highest BCUT2D eigenvalue weighted by Crippen LogP contribution is 2.18. The van der Waals surface area contributed by atoms with Crippen LogP contribution >= 0.6 is 24.0 Å². The lowest BCUT2D eigenvalue weighted by Crippen LogP contribution is -2.29. The Balaban J connectivity index is 2.38. The van der Waals surface area contributed by atoms with Crippen molar-refractivity contribution in [2.24, 2.45) is 0 Å². The molecule has 0 radical (unpaired) electrons. The summed E-state index contributed by atoms with van der Waals surface area (Å²) in [6, 6.07) is -0.404. The highest BCUT2D eigenvalue weighted by atomic mass is 32.2. The molecule has 0 spiro atoms. The first kappa shape index (κ1) is 9.47. The van der Waals surface area contributed by atoms with Crippen molar-refractivity contribution in [1.29, 1.82) is 0 Å². The van der Waals surface area contributed by atoms with Gasteiger partial charge in [-0.1, -0.05) is 12.2 Å². The Morgan fingerprint density at radius 1 is 1.75 bits per heavy atom. The van der Waals surface area contributed by atoms with Crippen molar-refractivity contribution in [2.75, 3.05) is 0 Å². The van der Waals surface area contributed by atoms with Gasteiger partial charge in [0.1, 0.15) is 4.32 Å². The summed E-state index contributed by atoms with van der Waals surface area (Å²) in [7, 11) is 0. The van der Waals surface area contributed by atoms with Crippen molar-refractivity contribution in [1.82, 2.24) is 5.32 Å². The van der Waals surface area contributed by atoms with Gasteiger partial charge >= 0.3 is 5.97 Å². The largest absolute Gasteiger partial charge is 0.481 e. The van der Waals surface area contributed by atoms with Gasteiger partial charge in [0, 0.05) is 6.42 Å². The zero-order chi connectivity index (χ0) is 9.14. The molecule has 0 aromatic carbocycles. The zero-order valence-corrected chi connectivity index (χ0v) is 7.70. The Bertz CT molecular complexity index is 241. The van der Waals surface area contributed by atoms with Gasteiger partial charge in [-0.25, -0.2) is 0 Å². The monoisotopic (exact) mass is 205 g/mol. The van der Waals surface area contributed by atoms with Crippen LogP contribution < -0.4 is 5.32 Å². The number of hydrogen-bond acceptors (Lipinski definition) is 4. The maximum atomic E-state index is 11.0. The van der Waals surface area contributed by atoms with Crippen LogP contribution in [0.2, 0.25) is 0 Å². The molecular formula is C6H7NO3S2. The number of carbonyl (C=O) groups is 2. The van der Waals surface area contributed by atoms with E-state index in [1.807, 2.05) is 0 Å². The number of carboxylic acid groups (broad SMARTS) is 1. The minimum absolute atomic E-state index is 0.00736. The second kappa shape index (κ2) is 3.86. The summed E-state index contributed by atoms with van der Waals surface area (Å²) in [6.07, 6.45) is 0.299.